The minimum Gasteiger partial charge on any atom is -0.480 e. The molecule has 0 fully saturated rings. The molecule has 0 aromatic carbocycles. The van der Waals surface area contributed by atoms with E-state index in [1.807, 2.05) is 0 Å². The van der Waals surface area contributed by atoms with Gasteiger partial charge in [-0.25, -0.2) is 14.8 Å². The Morgan fingerprint density at radius 2 is 2.30 bits per heavy atom. The van der Waals surface area contributed by atoms with Crippen molar-refractivity contribution in [3.05, 3.63) is 48.1 Å². The molecule has 8 heteroatoms. The van der Waals surface area contributed by atoms with Gasteiger partial charge in [-0.1, -0.05) is 0 Å². The average Bonchev–Trinajstić information content (AvgIpc) is 2.90. The van der Waals surface area contributed by atoms with Crippen molar-refractivity contribution in [1.29, 1.82) is 0 Å². The van der Waals surface area contributed by atoms with Gasteiger partial charge in [-0.3, -0.25) is 4.79 Å². The molecular formula is C12H11FN4O3. The summed E-state index contributed by atoms with van der Waals surface area (Å²) >= 11 is 0. The molecule has 2 rings (SSSR count). The van der Waals surface area contributed by atoms with Crippen molar-refractivity contribution < 1.29 is 19.1 Å². The summed E-state index contributed by atoms with van der Waals surface area (Å²) in [4.78, 5) is 32.8. The second-order valence-electron chi connectivity index (χ2n) is 4.01. The number of hydrogen-bond acceptors (Lipinski definition) is 4. The Morgan fingerprint density at radius 1 is 1.50 bits per heavy atom. The van der Waals surface area contributed by atoms with Gasteiger partial charge in [0, 0.05) is 36.1 Å². The monoisotopic (exact) mass is 278 g/mol. The molecule has 0 saturated heterocycles. The predicted octanol–water partition coefficient (Wildman–Crippen LogP) is 0.369. The molecule has 0 bridgehead atoms. The average molecular weight is 278 g/mol. The molecule has 104 valence electrons. The number of imidazole rings is 1. The van der Waals surface area contributed by atoms with Gasteiger partial charge in [0.05, 0.1) is 6.33 Å². The molecule has 1 atom stereocenters. The lowest BCUT2D eigenvalue weighted by Gasteiger charge is -2.13. The van der Waals surface area contributed by atoms with E-state index in [0.717, 1.165) is 12.3 Å². The molecule has 0 saturated carbocycles. The number of aromatic amines is 1. The van der Waals surface area contributed by atoms with E-state index in [1.54, 1.807) is 0 Å². The van der Waals surface area contributed by atoms with Crippen molar-refractivity contribution in [3.63, 3.8) is 0 Å². The third-order valence-electron chi connectivity index (χ3n) is 2.57. The summed E-state index contributed by atoms with van der Waals surface area (Å²) in [7, 11) is 0. The lowest BCUT2D eigenvalue weighted by atomic mass is 10.1. The van der Waals surface area contributed by atoms with Gasteiger partial charge in [-0.2, -0.15) is 4.39 Å². The number of rotatable bonds is 5. The van der Waals surface area contributed by atoms with E-state index >= 15 is 0 Å². The van der Waals surface area contributed by atoms with Crippen LogP contribution in [0.3, 0.4) is 0 Å². The Labute approximate surface area is 112 Å². The van der Waals surface area contributed by atoms with Gasteiger partial charge < -0.3 is 15.4 Å². The second-order valence-corrected chi connectivity index (χ2v) is 4.01. The number of carboxylic acids is 1. The summed E-state index contributed by atoms with van der Waals surface area (Å²) < 4.78 is 12.9. The molecule has 1 amide bonds. The summed E-state index contributed by atoms with van der Waals surface area (Å²) in [5, 5.41) is 11.4. The summed E-state index contributed by atoms with van der Waals surface area (Å²) in [6.07, 6.45) is 4.06. The number of halogens is 1. The van der Waals surface area contributed by atoms with Crippen LogP contribution >= 0.6 is 0 Å². The van der Waals surface area contributed by atoms with Crippen molar-refractivity contribution in [1.82, 2.24) is 20.3 Å². The SMILES string of the molecule is O=C(NC(Cc1cnc[nH]1)C(=O)O)c1ccnc(F)c1. The number of carbonyl (C=O) groups is 2. The van der Waals surface area contributed by atoms with Gasteiger partial charge in [0.25, 0.3) is 5.91 Å². The first-order chi connectivity index (χ1) is 9.56. The summed E-state index contributed by atoms with van der Waals surface area (Å²) in [5.74, 6) is -2.68. The first-order valence-corrected chi connectivity index (χ1v) is 5.68. The smallest absolute Gasteiger partial charge is 0.326 e. The van der Waals surface area contributed by atoms with E-state index in [1.165, 1.54) is 18.6 Å². The maximum atomic E-state index is 12.9. The molecule has 0 aliphatic heterocycles. The number of nitrogens with one attached hydrogen (secondary N) is 2. The van der Waals surface area contributed by atoms with Crippen molar-refractivity contribution in [2.45, 2.75) is 12.5 Å². The van der Waals surface area contributed by atoms with Crippen LogP contribution in [-0.2, 0) is 11.2 Å². The third kappa shape index (κ3) is 3.37. The van der Waals surface area contributed by atoms with Gasteiger partial charge in [0.1, 0.15) is 6.04 Å². The number of pyridine rings is 1. The molecule has 0 aliphatic carbocycles. The summed E-state index contributed by atoms with van der Waals surface area (Å²) in [6.45, 7) is 0. The van der Waals surface area contributed by atoms with E-state index in [0.29, 0.717) is 5.69 Å². The molecule has 7 nitrogen and oxygen atoms in total. The third-order valence-corrected chi connectivity index (χ3v) is 2.57. The lowest BCUT2D eigenvalue weighted by Crippen LogP contribution is -2.42. The van der Waals surface area contributed by atoms with Crippen LogP contribution in [-0.4, -0.2) is 38.0 Å². The molecule has 0 spiro atoms. The number of hydrogen-bond donors (Lipinski definition) is 3. The van der Waals surface area contributed by atoms with E-state index in [4.69, 9.17) is 5.11 Å². The van der Waals surface area contributed by atoms with Gasteiger partial charge in [-0.15, -0.1) is 0 Å². The molecule has 2 heterocycles. The minimum absolute atomic E-state index is 0.00774. The van der Waals surface area contributed by atoms with Gasteiger partial charge in [0.15, 0.2) is 0 Å². The minimum atomic E-state index is -1.19. The Bertz CT molecular complexity index is 615. The number of carbonyl (C=O) groups excluding carboxylic acids is 1. The first-order valence-electron chi connectivity index (χ1n) is 5.68. The molecule has 20 heavy (non-hydrogen) atoms. The van der Waals surface area contributed by atoms with Crippen LogP contribution in [0.5, 0.6) is 0 Å². The van der Waals surface area contributed by atoms with Gasteiger partial charge in [0.2, 0.25) is 5.95 Å². The van der Waals surface area contributed by atoms with E-state index in [2.05, 4.69) is 20.3 Å². The Kier molecular flexibility index (Phi) is 4.04. The number of aliphatic carboxylic acids is 1. The number of aromatic nitrogens is 3. The predicted molar refractivity (Wildman–Crippen MR) is 65.4 cm³/mol. The number of carboxylic acid groups (broad SMARTS) is 1. The molecule has 1 unspecified atom stereocenters. The highest BCUT2D eigenvalue weighted by Crippen LogP contribution is 2.03. The lowest BCUT2D eigenvalue weighted by molar-refractivity contribution is -0.139. The first kappa shape index (κ1) is 13.7. The van der Waals surface area contributed by atoms with Crippen LogP contribution < -0.4 is 5.32 Å². The Morgan fingerprint density at radius 3 is 2.90 bits per heavy atom. The highest BCUT2D eigenvalue weighted by atomic mass is 19.1. The molecule has 2 aromatic heterocycles. The fourth-order valence-electron chi connectivity index (χ4n) is 1.60. The highest BCUT2D eigenvalue weighted by Gasteiger charge is 2.21. The highest BCUT2D eigenvalue weighted by molar-refractivity contribution is 5.96. The Hall–Kier alpha value is -2.77. The molecule has 3 N–H and O–H groups in total. The maximum absolute atomic E-state index is 12.9. The fraction of sp³-hybridized carbons (Fsp3) is 0.167. The van der Waals surface area contributed by atoms with Crippen molar-refractivity contribution in [2.75, 3.05) is 0 Å². The molecule has 0 radical (unpaired) electrons. The number of amides is 1. The van der Waals surface area contributed by atoms with Crippen LogP contribution in [0.4, 0.5) is 4.39 Å². The van der Waals surface area contributed by atoms with Gasteiger partial charge in [-0.05, 0) is 6.07 Å². The summed E-state index contributed by atoms with van der Waals surface area (Å²) in [6, 6.07) is 1.09. The van der Waals surface area contributed by atoms with E-state index in [-0.39, 0.29) is 12.0 Å². The zero-order valence-corrected chi connectivity index (χ0v) is 10.2. The quantitative estimate of drug-likeness (QED) is 0.685. The Balaban J connectivity index is 2.08. The fourth-order valence-corrected chi connectivity index (χ4v) is 1.60. The maximum Gasteiger partial charge on any atom is 0.326 e. The molecule has 2 aromatic rings. The van der Waals surface area contributed by atoms with Crippen LogP contribution in [0.15, 0.2) is 30.9 Å². The standard InChI is InChI=1S/C12H11FN4O3/c13-10-3-7(1-2-15-10)11(18)17-9(12(19)20)4-8-5-14-6-16-8/h1-3,5-6,9H,4H2,(H,14,16)(H,17,18)(H,19,20). The van der Waals surface area contributed by atoms with Crippen molar-refractivity contribution in [3.8, 4) is 0 Å². The zero-order chi connectivity index (χ0) is 14.5. The van der Waals surface area contributed by atoms with Crippen LogP contribution in [0.1, 0.15) is 16.1 Å². The topological polar surface area (TPSA) is 108 Å². The molecular weight excluding hydrogens is 267 g/mol. The molecule has 0 aliphatic rings. The van der Waals surface area contributed by atoms with Crippen molar-refractivity contribution >= 4 is 11.9 Å². The van der Waals surface area contributed by atoms with Crippen LogP contribution in [0.25, 0.3) is 0 Å². The number of H-pyrrole nitrogens is 1. The largest absolute Gasteiger partial charge is 0.480 e. The van der Waals surface area contributed by atoms with Gasteiger partial charge >= 0.3 is 5.97 Å². The zero-order valence-electron chi connectivity index (χ0n) is 10.2. The van der Waals surface area contributed by atoms with Crippen LogP contribution in [0.2, 0.25) is 0 Å². The van der Waals surface area contributed by atoms with Crippen LogP contribution in [0, 0.1) is 5.95 Å². The van der Waals surface area contributed by atoms with Crippen molar-refractivity contribution in [2.24, 2.45) is 0 Å². The van der Waals surface area contributed by atoms with E-state index in [9.17, 15) is 14.0 Å². The van der Waals surface area contributed by atoms with E-state index < -0.39 is 23.9 Å². The number of nitrogens with zero attached hydrogens (tertiary/aromatic N) is 2. The second kappa shape index (κ2) is 5.91. The normalized spacial score (nSPS) is 11.8. The summed E-state index contributed by atoms with van der Waals surface area (Å²) in [5.41, 5.74) is 0.576.